The summed E-state index contributed by atoms with van der Waals surface area (Å²) >= 11 is 0. The summed E-state index contributed by atoms with van der Waals surface area (Å²) in [5.74, 6) is -0.312. The van der Waals surface area contributed by atoms with E-state index >= 15 is 0 Å². The standard InChI is InChI=1S/C17H21N3O5S/c21-16(20-11-12-25-17(20)22)14-18-7-9-19(10-8-18)26(23,24)13-6-15-4-2-1-3-5-15/h1-6,13H,7-12,14H2/b13-6+. The molecule has 140 valence electrons. The molecule has 9 heteroatoms. The lowest BCUT2D eigenvalue weighted by atomic mass is 10.2. The summed E-state index contributed by atoms with van der Waals surface area (Å²) in [5.41, 5.74) is 0.817. The van der Waals surface area contributed by atoms with Crippen LogP contribution in [0, 0.1) is 0 Å². The fraction of sp³-hybridized carbons (Fsp3) is 0.412. The van der Waals surface area contributed by atoms with Crippen molar-refractivity contribution in [1.82, 2.24) is 14.1 Å². The topological polar surface area (TPSA) is 87.2 Å². The van der Waals surface area contributed by atoms with Gasteiger partial charge in [-0.25, -0.2) is 18.1 Å². The highest BCUT2D eigenvalue weighted by Crippen LogP contribution is 2.12. The van der Waals surface area contributed by atoms with E-state index in [-0.39, 0.29) is 25.6 Å². The zero-order valence-electron chi connectivity index (χ0n) is 14.3. The molecule has 2 saturated heterocycles. The average Bonchev–Trinajstić information content (AvgIpc) is 3.07. The van der Waals surface area contributed by atoms with Crippen molar-refractivity contribution in [2.45, 2.75) is 0 Å². The second-order valence-electron chi connectivity index (χ2n) is 6.09. The number of piperazine rings is 1. The maximum absolute atomic E-state index is 12.4. The van der Waals surface area contributed by atoms with Gasteiger partial charge in [-0.15, -0.1) is 0 Å². The van der Waals surface area contributed by atoms with Gasteiger partial charge >= 0.3 is 6.09 Å². The molecule has 2 fully saturated rings. The molecule has 0 aromatic heterocycles. The summed E-state index contributed by atoms with van der Waals surface area (Å²) in [6, 6.07) is 9.22. The molecule has 1 aromatic carbocycles. The van der Waals surface area contributed by atoms with Crippen LogP contribution in [0.2, 0.25) is 0 Å². The normalized spacial score (nSPS) is 19.8. The molecule has 2 amide bonds. The van der Waals surface area contributed by atoms with E-state index in [1.807, 2.05) is 35.2 Å². The second-order valence-corrected chi connectivity index (χ2v) is 7.91. The summed E-state index contributed by atoms with van der Waals surface area (Å²) < 4.78 is 31.0. The number of sulfonamides is 1. The van der Waals surface area contributed by atoms with E-state index in [2.05, 4.69) is 0 Å². The van der Waals surface area contributed by atoms with Crippen molar-refractivity contribution in [3.05, 3.63) is 41.3 Å². The van der Waals surface area contributed by atoms with Gasteiger partial charge < -0.3 is 4.74 Å². The van der Waals surface area contributed by atoms with Gasteiger partial charge in [-0.2, -0.15) is 4.31 Å². The Labute approximate surface area is 152 Å². The maximum atomic E-state index is 12.4. The van der Waals surface area contributed by atoms with E-state index in [0.29, 0.717) is 26.2 Å². The van der Waals surface area contributed by atoms with Crippen LogP contribution in [0.15, 0.2) is 35.7 Å². The molecule has 2 aliphatic heterocycles. The van der Waals surface area contributed by atoms with E-state index in [4.69, 9.17) is 4.74 Å². The lowest BCUT2D eigenvalue weighted by Gasteiger charge is -2.33. The third kappa shape index (κ3) is 4.48. The number of carbonyl (C=O) groups is 2. The predicted molar refractivity (Wildman–Crippen MR) is 95.5 cm³/mol. The first kappa shape index (κ1) is 18.6. The number of nitrogens with zero attached hydrogens (tertiary/aromatic N) is 3. The number of hydrogen-bond donors (Lipinski definition) is 0. The fourth-order valence-corrected chi connectivity index (χ4v) is 4.03. The molecule has 0 unspecified atom stereocenters. The number of amides is 2. The molecule has 0 aliphatic carbocycles. The van der Waals surface area contributed by atoms with Gasteiger partial charge in [0.2, 0.25) is 15.9 Å². The van der Waals surface area contributed by atoms with Crippen LogP contribution >= 0.6 is 0 Å². The first-order valence-corrected chi connectivity index (χ1v) is 9.89. The third-order valence-electron chi connectivity index (χ3n) is 4.34. The van der Waals surface area contributed by atoms with E-state index in [1.54, 1.807) is 6.08 Å². The lowest BCUT2D eigenvalue weighted by molar-refractivity contribution is -0.129. The molecule has 0 radical (unpaired) electrons. The van der Waals surface area contributed by atoms with E-state index in [9.17, 15) is 18.0 Å². The van der Waals surface area contributed by atoms with Crippen LogP contribution in [0.4, 0.5) is 4.79 Å². The van der Waals surface area contributed by atoms with Gasteiger partial charge in [-0.05, 0) is 11.6 Å². The molecule has 0 N–H and O–H groups in total. The maximum Gasteiger partial charge on any atom is 0.416 e. The summed E-state index contributed by atoms with van der Waals surface area (Å²) in [5, 5.41) is 1.21. The SMILES string of the molecule is O=C(CN1CCN(S(=O)(=O)/C=C/c2ccccc2)CC1)N1CCOC1=O. The summed E-state index contributed by atoms with van der Waals surface area (Å²) in [6.07, 6.45) is 0.965. The van der Waals surface area contributed by atoms with Gasteiger partial charge in [0.1, 0.15) is 6.61 Å². The summed E-state index contributed by atoms with van der Waals surface area (Å²) in [4.78, 5) is 26.4. The van der Waals surface area contributed by atoms with Crippen molar-refractivity contribution in [3.8, 4) is 0 Å². The monoisotopic (exact) mass is 379 g/mol. The first-order chi connectivity index (χ1) is 12.5. The van der Waals surface area contributed by atoms with Crippen molar-refractivity contribution in [2.75, 3.05) is 45.9 Å². The Kier molecular flexibility index (Phi) is 5.70. The van der Waals surface area contributed by atoms with Crippen LogP contribution in [-0.2, 0) is 19.6 Å². The zero-order valence-corrected chi connectivity index (χ0v) is 15.1. The van der Waals surface area contributed by atoms with Crippen molar-refractivity contribution < 1.29 is 22.7 Å². The Morgan fingerprint density at radius 1 is 1.08 bits per heavy atom. The Morgan fingerprint density at radius 3 is 2.38 bits per heavy atom. The smallest absolute Gasteiger partial charge is 0.416 e. The molecule has 26 heavy (non-hydrogen) atoms. The Hall–Kier alpha value is -2.23. The van der Waals surface area contributed by atoms with E-state index in [0.717, 1.165) is 10.5 Å². The van der Waals surface area contributed by atoms with Gasteiger partial charge in [-0.1, -0.05) is 30.3 Å². The minimum atomic E-state index is -3.50. The van der Waals surface area contributed by atoms with Gasteiger partial charge in [0.05, 0.1) is 13.1 Å². The van der Waals surface area contributed by atoms with E-state index in [1.165, 1.54) is 9.71 Å². The van der Waals surface area contributed by atoms with Crippen molar-refractivity contribution in [3.63, 3.8) is 0 Å². The highest BCUT2D eigenvalue weighted by atomic mass is 32.2. The number of rotatable bonds is 5. The molecule has 1 aromatic rings. The quantitative estimate of drug-likeness (QED) is 0.744. The first-order valence-electron chi connectivity index (χ1n) is 8.38. The molecule has 0 atom stereocenters. The van der Waals surface area contributed by atoms with Gasteiger partial charge in [-0.3, -0.25) is 9.69 Å². The van der Waals surface area contributed by atoms with Crippen molar-refractivity contribution in [2.24, 2.45) is 0 Å². The Morgan fingerprint density at radius 2 is 1.77 bits per heavy atom. The zero-order chi connectivity index (χ0) is 18.6. The van der Waals surface area contributed by atoms with E-state index < -0.39 is 16.1 Å². The number of hydrogen-bond acceptors (Lipinski definition) is 6. The minimum absolute atomic E-state index is 0.0862. The van der Waals surface area contributed by atoms with Crippen molar-refractivity contribution >= 4 is 28.1 Å². The molecule has 2 heterocycles. The molecule has 0 saturated carbocycles. The molecule has 0 bridgehead atoms. The number of imide groups is 1. The predicted octanol–water partition coefficient (Wildman–Crippen LogP) is 0.583. The highest BCUT2D eigenvalue weighted by Gasteiger charge is 2.31. The molecule has 0 spiro atoms. The average molecular weight is 379 g/mol. The lowest BCUT2D eigenvalue weighted by Crippen LogP contribution is -2.51. The van der Waals surface area contributed by atoms with Crippen LogP contribution in [0.3, 0.4) is 0 Å². The number of cyclic esters (lactones) is 1. The van der Waals surface area contributed by atoms with Gasteiger partial charge in [0.25, 0.3) is 0 Å². The highest BCUT2D eigenvalue weighted by molar-refractivity contribution is 7.92. The van der Waals surface area contributed by atoms with Crippen molar-refractivity contribution in [1.29, 1.82) is 0 Å². The van der Waals surface area contributed by atoms with Gasteiger partial charge in [0.15, 0.2) is 0 Å². The minimum Gasteiger partial charge on any atom is -0.447 e. The Bertz CT molecular complexity index is 786. The summed E-state index contributed by atoms with van der Waals surface area (Å²) in [6.45, 7) is 2.07. The Balaban J connectivity index is 1.52. The molecule has 2 aliphatic rings. The van der Waals surface area contributed by atoms with Crippen LogP contribution in [0.1, 0.15) is 5.56 Å². The largest absolute Gasteiger partial charge is 0.447 e. The van der Waals surface area contributed by atoms with Gasteiger partial charge in [0, 0.05) is 31.6 Å². The number of benzene rings is 1. The number of carbonyl (C=O) groups excluding carboxylic acids is 2. The molecular formula is C17H21N3O5S. The molecule has 3 rings (SSSR count). The van der Waals surface area contributed by atoms with Crippen LogP contribution in [0.25, 0.3) is 6.08 Å². The number of ether oxygens (including phenoxy) is 1. The summed E-state index contributed by atoms with van der Waals surface area (Å²) in [7, 11) is -3.50. The van der Waals surface area contributed by atoms with Crippen LogP contribution < -0.4 is 0 Å². The molecular weight excluding hydrogens is 358 g/mol. The molecule has 8 nitrogen and oxygen atoms in total. The van der Waals surface area contributed by atoms with Crippen LogP contribution in [-0.4, -0.2) is 80.4 Å². The third-order valence-corrected chi connectivity index (χ3v) is 5.91. The van der Waals surface area contributed by atoms with Crippen LogP contribution in [0.5, 0.6) is 0 Å². The second kappa shape index (κ2) is 7.98. The fourth-order valence-electron chi connectivity index (χ4n) is 2.85.